The molecule has 3 amide bonds. The fourth-order valence-electron chi connectivity index (χ4n) is 4.25. The smallest absolute Gasteiger partial charge is 0.326 e. The summed E-state index contributed by atoms with van der Waals surface area (Å²) in [4.78, 5) is 52.3. The number of nitrogens with one attached hydrogen (secondary N) is 2. The first-order valence-corrected chi connectivity index (χ1v) is 12.4. The van der Waals surface area contributed by atoms with Gasteiger partial charge < -0.3 is 37.2 Å². The summed E-state index contributed by atoms with van der Waals surface area (Å²) in [6.45, 7) is 4.31. The van der Waals surface area contributed by atoms with Crippen molar-refractivity contribution >= 4 is 23.7 Å². The lowest BCUT2D eigenvalue weighted by atomic mass is 9.99. The number of nitrogens with two attached hydrogens (primary N) is 2. The number of aliphatic carboxylic acids is 1. The van der Waals surface area contributed by atoms with E-state index < -0.39 is 47.9 Å². The van der Waals surface area contributed by atoms with Gasteiger partial charge in [0.05, 0.1) is 6.04 Å². The van der Waals surface area contributed by atoms with Gasteiger partial charge in [0.15, 0.2) is 0 Å². The number of aromatic hydroxyl groups is 1. The van der Waals surface area contributed by atoms with Gasteiger partial charge in [-0.15, -0.1) is 0 Å². The molecule has 0 aromatic heterocycles. The van der Waals surface area contributed by atoms with E-state index in [9.17, 15) is 29.4 Å². The second kappa shape index (κ2) is 13.8. The highest BCUT2D eigenvalue weighted by Gasteiger charge is 2.38. The summed E-state index contributed by atoms with van der Waals surface area (Å²) in [5, 5.41) is 24.5. The monoisotopic (exact) mass is 505 g/mol. The Bertz CT molecular complexity index is 907. The van der Waals surface area contributed by atoms with Gasteiger partial charge in [-0.25, -0.2) is 4.79 Å². The molecule has 1 aliphatic rings. The van der Waals surface area contributed by atoms with Crippen molar-refractivity contribution in [1.82, 2.24) is 15.5 Å². The number of rotatable bonds is 13. The fraction of sp³-hybridized carbons (Fsp3) is 0.600. The number of carboxylic acids is 1. The van der Waals surface area contributed by atoms with E-state index in [1.807, 2.05) is 0 Å². The van der Waals surface area contributed by atoms with E-state index in [4.69, 9.17) is 11.5 Å². The minimum Gasteiger partial charge on any atom is -0.508 e. The molecule has 200 valence electrons. The lowest BCUT2D eigenvalue weighted by Gasteiger charge is -2.30. The number of hydrogen-bond donors (Lipinski definition) is 6. The number of phenolic OH excluding ortho intramolecular Hbond substituents is 1. The Balaban J connectivity index is 2.20. The average Bonchev–Trinajstić information content (AvgIpc) is 3.33. The van der Waals surface area contributed by atoms with Gasteiger partial charge in [0.2, 0.25) is 17.7 Å². The Morgan fingerprint density at radius 3 is 2.33 bits per heavy atom. The van der Waals surface area contributed by atoms with Crippen LogP contribution in [0.4, 0.5) is 0 Å². The number of amides is 3. The molecule has 0 radical (unpaired) electrons. The van der Waals surface area contributed by atoms with Crippen molar-refractivity contribution in [3.63, 3.8) is 0 Å². The third-order valence-corrected chi connectivity index (χ3v) is 6.36. The minimum absolute atomic E-state index is 0.0570. The van der Waals surface area contributed by atoms with E-state index in [0.29, 0.717) is 37.8 Å². The first-order chi connectivity index (χ1) is 17.0. The molecule has 0 saturated carbocycles. The number of phenols is 1. The van der Waals surface area contributed by atoms with Gasteiger partial charge in [0.1, 0.15) is 23.9 Å². The third kappa shape index (κ3) is 8.20. The van der Waals surface area contributed by atoms with Crippen molar-refractivity contribution in [2.75, 3.05) is 13.1 Å². The molecular formula is C25H39N5O6. The largest absolute Gasteiger partial charge is 0.508 e. The molecule has 1 heterocycles. The van der Waals surface area contributed by atoms with Gasteiger partial charge >= 0.3 is 5.97 Å². The molecule has 11 nitrogen and oxygen atoms in total. The number of carboxylic acid groups (broad SMARTS) is 1. The van der Waals surface area contributed by atoms with Gasteiger partial charge in [0, 0.05) is 13.0 Å². The topological polar surface area (TPSA) is 188 Å². The highest BCUT2D eigenvalue weighted by Crippen LogP contribution is 2.20. The molecule has 0 unspecified atom stereocenters. The standard InChI is InChI=1S/C25H39N5O6/c1-15(2)21(29-22(32)18(27)6-3-4-12-26)23(33)28-19(14-16-8-10-17(31)11-9-16)24(34)30-13-5-7-20(30)25(35)36/h8-11,15,18-21,31H,3-7,12-14,26-27H2,1-2H3,(H,28,33)(H,29,32)(H,35,36)/t18-,19-,20-,21-/m0/s1. The molecular weight excluding hydrogens is 466 g/mol. The second-order valence-electron chi connectivity index (χ2n) is 9.58. The van der Waals surface area contributed by atoms with Crippen molar-refractivity contribution < 1.29 is 29.4 Å². The summed E-state index contributed by atoms with van der Waals surface area (Å²) < 4.78 is 0. The van der Waals surface area contributed by atoms with Crippen LogP contribution >= 0.6 is 0 Å². The van der Waals surface area contributed by atoms with E-state index in [2.05, 4.69) is 10.6 Å². The molecule has 0 spiro atoms. The van der Waals surface area contributed by atoms with E-state index in [1.54, 1.807) is 26.0 Å². The van der Waals surface area contributed by atoms with Crippen LogP contribution < -0.4 is 22.1 Å². The van der Waals surface area contributed by atoms with Crippen LogP contribution in [0.1, 0.15) is 51.5 Å². The molecule has 2 rings (SSSR count). The zero-order valence-electron chi connectivity index (χ0n) is 21.0. The normalized spacial score (nSPS) is 17.9. The van der Waals surface area contributed by atoms with E-state index in [1.165, 1.54) is 17.0 Å². The minimum atomic E-state index is -1.09. The number of hydrogen-bond acceptors (Lipinski definition) is 7. The van der Waals surface area contributed by atoms with Crippen molar-refractivity contribution in [3.05, 3.63) is 29.8 Å². The molecule has 1 saturated heterocycles. The number of carbonyl (C=O) groups is 4. The molecule has 1 fully saturated rings. The van der Waals surface area contributed by atoms with Crippen LogP contribution in [0.15, 0.2) is 24.3 Å². The van der Waals surface area contributed by atoms with Crippen molar-refractivity contribution in [2.45, 2.75) is 76.5 Å². The van der Waals surface area contributed by atoms with Crippen LogP contribution in [0, 0.1) is 5.92 Å². The van der Waals surface area contributed by atoms with Crippen LogP contribution in [0.2, 0.25) is 0 Å². The van der Waals surface area contributed by atoms with Crippen molar-refractivity contribution in [2.24, 2.45) is 17.4 Å². The predicted octanol–water partition coefficient (Wildman–Crippen LogP) is 0.0922. The summed E-state index contributed by atoms with van der Waals surface area (Å²) in [7, 11) is 0. The van der Waals surface area contributed by atoms with Gasteiger partial charge in [-0.1, -0.05) is 32.4 Å². The van der Waals surface area contributed by atoms with Crippen LogP contribution in [-0.2, 0) is 25.6 Å². The molecule has 0 aliphatic carbocycles. The number of benzene rings is 1. The van der Waals surface area contributed by atoms with Crippen LogP contribution in [0.3, 0.4) is 0 Å². The van der Waals surface area contributed by atoms with E-state index in [0.717, 1.165) is 6.42 Å². The molecule has 1 aliphatic heterocycles. The summed E-state index contributed by atoms with van der Waals surface area (Å²) in [6.07, 6.45) is 2.84. The summed E-state index contributed by atoms with van der Waals surface area (Å²) in [5.41, 5.74) is 12.1. The second-order valence-corrected chi connectivity index (χ2v) is 9.58. The Morgan fingerprint density at radius 1 is 1.08 bits per heavy atom. The number of unbranched alkanes of at least 4 members (excludes halogenated alkanes) is 1. The zero-order chi connectivity index (χ0) is 26.8. The quantitative estimate of drug-likeness (QED) is 0.203. The maximum Gasteiger partial charge on any atom is 0.326 e. The van der Waals surface area contributed by atoms with Crippen molar-refractivity contribution in [3.8, 4) is 5.75 Å². The molecule has 36 heavy (non-hydrogen) atoms. The first-order valence-electron chi connectivity index (χ1n) is 12.4. The van der Waals surface area contributed by atoms with Crippen LogP contribution in [-0.4, -0.2) is 76.1 Å². The van der Waals surface area contributed by atoms with Crippen molar-refractivity contribution in [1.29, 1.82) is 0 Å². The Labute approximate surface area is 211 Å². The molecule has 1 aromatic rings. The van der Waals surface area contributed by atoms with Gasteiger partial charge in [-0.05, 0) is 55.8 Å². The number of nitrogens with zero attached hydrogens (tertiary/aromatic N) is 1. The molecule has 11 heteroatoms. The number of carbonyl (C=O) groups excluding carboxylic acids is 3. The summed E-state index contributed by atoms with van der Waals surface area (Å²) in [5.74, 6) is -2.86. The SMILES string of the molecule is CC(C)[C@H](NC(=O)[C@@H](N)CCCCN)C(=O)N[C@@H](Cc1ccc(O)cc1)C(=O)N1CCC[C@H]1C(=O)O. The van der Waals surface area contributed by atoms with E-state index in [-0.39, 0.29) is 24.6 Å². The molecule has 1 aromatic carbocycles. The lowest BCUT2D eigenvalue weighted by molar-refractivity contribution is -0.149. The van der Waals surface area contributed by atoms with Crippen LogP contribution in [0.25, 0.3) is 0 Å². The Hall–Kier alpha value is -3.18. The highest BCUT2D eigenvalue weighted by molar-refractivity contribution is 5.94. The molecule has 8 N–H and O–H groups in total. The van der Waals surface area contributed by atoms with Crippen LogP contribution in [0.5, 0.6) is 5.75 Å². The lowest BCUT2D eigenvalue weighted by Crippen LogP contribution is -2.58. The maximum absolute atomic E-state index is 13.4. The Kier molecular flexibility index (Phi) is 11.1. The highest BCUT2D eigenvalue weighted by atomic mass is 16.4. The molecule has 4 atom stereocenters. The average molecular weight is 506 g/mol. The molecule has 0 bridgehead atoms. The van der Waals surface area contributed by atoms with Gasteiger partial charge in [-0.3, -0.25) is 14.4 Å². The van der Waals surface area contributed by atoms with Gasteiger partial charge in [0.25, 0.3) is 0 Å². The number of likely N-dealkylation sites (tertiary alicyclic amines) is 1. The summed E-state index contributed by atoms with van der Waals surface area (Å²) >= 11 is 0. The third-order valence-electron chi connectivity index (χ3n) is 6.36. The fourth-order valence-corrected chi connectivity index (χ4v) is 4.25. The first kappa shape index (κ1) is 29.1. The van der Waals surface area contributed by atoms with E-state index >= 15 is 0 Å². The predicted molar refractivity (Wildman–Crippen MR) is 134 cm³/mol. The maximum atomic E-state index is 13.4. The van der Waals surface area contributed by atoms with Gasteiger partial charge in [-0.2, -0.15) is 0 Å². The zero-order valence-corrected chi connectivity index (χ0v) is 21.0. The summed E-state index contributed by atoms with van der Waals surface area (Å²) in [6, 6.07) is 2.45. The Morgan fingerprint density at radius 2 is 1.75 bits per heavy atom.